The van der Waals surface area contributed by atoms with Crippen LogP contribution in [0.15, 0.2) is 35.7 Å². The van der Waals surface area contributed by atoms with Gasteiger partial charge in [-0.15, -0.1) is 23.7 Å². The molecule has 5 rings (SSSR count). The number of amides is 1. The summed E-state index contributed by atoms with van der Waals surface area (Å²) in [5.41, 5.74) is 1.66. The number of halogens is 2. The average molecular weight is 411 g/mol. The van der Waals surface area contributed by atoms with Crippen LogP contribution in [0.3, 0.4) is 0 Å². The summed E-state index contributed by atoms with van der Waals surface area (Å²) in [5, 5.41) is 2.01. The quantitative estimate of drug-likeness (QED) is 0.721. The summed E-state index contributed by atoms with van der Waals surface area (Å²) < 4.78 is 19.6. The number of thiophene rings is 1. The molecule has 27 heavy (non-hydrogen) atoms. The molecule has 3 saturated heterocycles. The molecule has 2 aromatic rings. The summed E-state index contributed by atoms with van der Waals surface area (Å²) in [5.74, 6) is 0.0906. The second-order valence-electron chi connectivity index (χ2n) is 7.15. The van der Waals surface area contributed by atoms with E-state index in [4.69, 9.17) is 4.74 Å². The van der Waals surface area contributed by atoms with Crippen molar-refractivity contribution < 1.29 is 13.9 Å². The Kier molecular flexibility index (Phi) is 6.40. The van der Waals surface area contributed by atoms with Gasteiger partial charge >= 0.3 is 6.09 Å². The third kappa shape index (κ3) is 4.45. The smallest absolute Gasteiger partial charge is 0.414 e. The lowest BCUT2D eigenvalue weighted by Crippen LogP contribution is -2.53. The number of hydrogen-bond donors (Lipinski definition) is 0. The van der Waals surface area contributed by atoms with Gasteiger partial charge in [-0.25, -0.2) is 9.18 Å². The Balaban J connectivity index is 0.00000210. The zero-order chi connectivity index (χ0) is 18.1. The Hall–Kier alpha value is -1.63. The third-order valence-corrected chi connectivity index (χ3v) is 6.47. The van der Waals surface area contributed by atoms with Crippen molar-refractivity contribution in [1.82, 2.24) is 4.90 Å². The lowest BCUT2D eigenvalue weighted by atomic mass is 9.86. The van der Waals surface area contributed by atoms with Gasteiger partial charge in [-0.05, 0) is 74.0 Å². The molecule has 1 atom stereocenters. The molecule has 0 unspecified atom stereocenters. The van der Waals surface area contributed by atoms with E-state index in [-0.39, 0.29) is 30.4 Å². The summed E-state index contributed by atoms with van der Waals surface area (Å²) in [7, 11) is 0. The fourth-order valence-corrected chi connectivity index (χ4v) is 4.75. The highest BCUT2D eigenvalue weighted by Crippen LogP contribution is 2.31. The molecule has 2 bridgehead atoms. The normalized spacial score (nSPS) is 23.6. The van der Waals surface area contributed by atoms with Crippen molar-refractivity contribution in [1.29, 1.82) is 0 Å². The number of piperidine rings is 3. The molecule has 1 aromatic carbocycles. The summed E-state index contributed by atoms with van der Waals surface area (Å²) >= 11 is 1.60. The first-order chi connectivity index (χ1) is 12.6. The fourth-order valence-electron chi connectivity index (χ4n) is 3.85. The van der Waals surface area contributed by atoms with E-state index >= 15 is 0 Å². The first-order valence-corrected chi connectivity index (χ1v) is 9.97. The topological polar surface area (TPSA) is 32.8 Å². The molecule has 0 aliphatic carbocycles. The van der Waals surface area contributed by atoms with E-state index in [0.717, 1.165) is 42.9 Å². The molecule has 1 amide bonds. The average Bonchev–Trinajstić information content (AvgIpc) is 3.05. The Bertz CT molecular complexity index is 792. The Morgan fingerprint density at radius 1 is 1.33 bits per heavy atom. The molecule has 0 radical (unpaired) electrons. The van der Waals surface area contributed by atoms with Crippen molar-refractivity contribution in [3.8, 4) is 0 Å². The van der Waals surface area contributed by atoms with E-state index in [1.54, 1.807) is 28.4 Å². The number of rotatable bonds is 4. The summed E-state index contributed by atoms with van der Waals surface area (Å²) in [6.07, 6.45) is 1.72. The Morgan fingerprint density at radius 3 is 2.70 bits per heavy atom. The van der Waals surface area contributed by atoms with Crippen LogP contribution in [0.4, 0.5) is 14.9 Å². The molecule has 0 saturated carbocycles. The number of ether oxygens (including phenoxy) is 1. The van der Waals surface area contributed by atoms with E-state index in [9.17, 15) is 9.18 Å². The largest absolute Gasteiger partial charge is 0.444 e. The third-order valence-electron chi connectivity index (χ3n) is 5.46. The lowest BCUT2D eigenvalue weighted by molar-refractivity contribution is -0.0311. The van der Waals surface area contributed by atoms with Crippen LogP contribution >= 0.6 is 23.7 Å². The van der Waals surface area contributed by atoms with Crippen LogP contribution in [-0.4, -0.2) is 36.7 Å². The van der Waals surface area contributed by atoms with Gasteiger partial charge < -0.3 is 4.74 Å². The maximum atomic E-state index is 13.7. The molecular formula is C20H24ClFN2O2S. The number of benzene rings is 1. The van der Waals surface area contributed by atoms with Crippen molar-refractivity contribution in [2.75, 3.05) is 24.5 Å². The fraction of sp³-hybridized carbons (Fsp3) is 0.450. The van der Waals surface area contributed by atoms with Crippen LogP contribution in [0.25, 0.3) is 0 Å². The van der Waals surface area contributed by atoms with Gasteiger partial charge in [0.25, 0.3) is 0 Å². The standard InChI is InChI=1S/C20H23FN2O2S.ClH/c1-14-7-10-26-19(14)13-23(17-4-2-3-16(21)11-17)20(24)25-18-12-22-8-5-15(18)6-9-22;/h2-4,7,10-11,15,18H,5-6,8-9,12-13H2,1H3;1H/t18-;/m0./s1. The van der Waals surface area contributed by atoms with E-state index < -0.39 is 0 Å². The minimum Gasteiger partial charge on any atom is -0.444 e. The zero-order valence-corrected chi connectivity index (χ0v) is 16.9. The van der Waals surface area contributed by atoms with Gasteiger partial charge in [-0.3, -0.25) is 9.80 Å². The number of aryl methyl sites for hydroxylation is 1. The first kappa shape index (κ1) is 20.1. The SMILES string of the molecule is Cc1ccsc1CN(C(=O)O[C@H]1CN2CCC1CC2)c1cccc(F)c1.Cl. The van der Waals surface area contributed by atoms with Crippen LogP contribution in [0.2, 0.25) is 0 Å². The van der Waals surface area contributed by atoms with Gasteiger partial charge in [-0.2, -0.15) is 0 Å². The van der Waals surface area contributed by atoms with E-state index in [1.165, 1.54) is 12.1 Å². The number of carbonyl (C=O) groups is 1. The number of hydrogen-bond acceptors (Lipinski definition) is 4. The number of carbonyl (C=O) groups excluding carboxylic acids is 1. The summed E-state index contributed by atoms with van der Waals surface area (Å²) in [4.78, 5) is 18.0. The summed E-state index contributed by atoms with van der Waals surface area (Å²) in [6, 6.07) is 8.18. The minimum absolute atomic E-state index is 0. The zero-order valence-electron chi connectivity index (χ0n) is 15.3. The molecule has 3 fully saturated rings. The predicted octanol–water partition coefficient (Wildman–Crippen LogP) is 4.85. The van der Waals surface area contributed by atoms with Crippen molar-refractivity contribution in [3.63, 3.8) is 0 Å². The molecule has 4 heterocycles. The van der Waals surface area contributed by atoms with E-state index in [1.807, 2.05) is 18.4 Å². The Labute approximate surface area is 169 Å². The van der Waals surface area contributed by atoms with Crippen LogP contribution in [0.5, 0.6) is 0 Å². The van der Waals surface area contributed by atoms with Gasteiger partial charge in [0, 0.05) is 11.4 Å². The monoisotopic (exact) mass is 410 g/mol. The van der Waals surface area contributed by atoms with Crippen LogP contribution in [-0.2, 0) is 11.3 Å². The van der Waals surface area contributed by atoms with E-state index in [2.05, 4.69) is 4.90 Å². The van der Waals surface area contributed by atoms with Crippen LogP contribution in [0, 0.1) is 18.7 Å². The Morgan fingerprint density at radius 2 is 2.11 bits per heavy atom. The molecular weight excluding hydrogens is 387 g/mol. The first-order valence-electron chi connectivity index (χ1n) is 9.09. The number of fused-ring (bicyclic) bond motifs is 3. The van der Waals surface area contributed by atoms with Crippen molar-refractivity contribution >= 4 is 35.5 Å². The molecule has 1 aromatic heterocycles. The van der Waals surface area contributed by atoms with Gasteiger partial charge in [0.15, 0.2) is 0 Å². The molecule has 3 aliphatic heterocycles. The van der Waals surface area contributed by atoms with Crippen molar-refractivity contribution in [3.05, 3.63) is 52.0 Å². The number of anilines is 1. The predicted molar refractivity (Wildman–Crippen MR) is 108 cm³/mol. The molecule has 146 valence electrons. The van der Waals surface area contributed by atoms with E-state index in [0.29, 0.717) is 18.2 Å². The molecule has 7 heteroatoms. The van der Waals surface area contributed by atoms with Gasteiger partial charge in [-0.1, -0.05) is 6.07 Å². The van der Waals surface area contributed by atoms with Crippen LogP contribution in [0.1, 0.15) is 23.3 Å². The molecule has 4 nitrogen and oxygen atoms in total. The second-order valence-corrected chi connectivity index (χ2v) is 8.15. The van der Waals surface area contributed by atoms with Crippen molar-refractivity contribution in [2.45, 2.75) is 32.4 Å². The van der Waals surface area contributed by atoms with Gasteiger partial charge in [0.1, 0.15) is 11.9 Å². The van der Waals surface area contributed by atoms with Crippen LogP contribution < -0.4 is 4.90 Å². The summed E-state index contributed by atoms with van der Waals surface area (Å²) in [6.45, 7) is 5.42. The molecule has 0 spiro atoms. The molecule has 3 aliphatic rings. The highest BCUT2D eigenvalue weighted by molar-refractivity contribution is 7.10. The highest BCUT2D eigenvalue weighted by Gasteiger charge is 2.37. The number of nitrogens with zero attached hydrogens (tertiary/aromatic N) is 2. The van der Waals surface area contributed by atoms with Gasteiger partial charge in [0.05, 0.1) is 12.2 Å². The van der Waals surface area contributed by atoms with Gasteiger partial charge in [0.2, 0.25) is 0 Å². The minimum atomic E-state index is -0.387. The maximum absolute atomic E-state index is 13.7. The molecule has 0 N–H and O–H groups in total. The maximum Gasteiger partial charge on any atom is 0.414 e. The lowest BCUT2D eigenvalue weighted by Gasteiger charge is -2.44. The second kappa shape index (κ2) is 8.59. The van der Waals surface area contributed by atoms with Crippen molar-refractivity contribution in [2.24, 2.45) is 5.92 Å². The highest BCUT2D eigenvalue weighted by atomic mass is 35.5.